The minimum Gasteiger partial charge on any atom is -0.489 e. The Labute approximate surface area is 112 Å². The first-order valence-electron chi connectivity index (χ1n) is 5.74. The molecule has 0 aliphatic heterocycles. The topological polar surface area (TPSA) is 34.1 Å². The number of nitrogens with one attached hydrogen (secondary N) is 1. The Balaban J connectivity index is 1.97. The third kappa shape index (κ3) is 3.72. The lowest BCUT2D eigenvalue weighted by atomic mass is 10.2. The van der Waals surface area contributed by atoms with Crippen LogP contribution >= 0.6 is 11.6 Å². The normalized spacial score (nSPS) is 10.3. The van der Waals surface area contributed by atoms with Crippen molar-refractivity contribution < 1.29 is 4.74 Å². The Kier molecular flexibility index (Phi) is 4.56. The summed E-state index contributed by atoms with van der Waals surface area (Å²) in [4.78, 5) is 4.01. The molecule has 2 aromatic rings. The van der Waals surface area contributed by atoms with Gasteiger partial charge in [-0.25, -0.2) is 4.98 Å². The monoisotopic (exact) mass is 262 g/mol. The maximum absolute atomic E-state index is 5.73. The van der Waals surface area contributed by atoms with Gasteiger partial charge in [-0.05, 0) is 30.8 Å². The van der Waals surface area contributed by atoms with E-state index in [9.17, 15) is 0 Å². The lowest BCUT2D eigenvalue weighted by Gasteiger charge is -2.08. The fourth-order valence-corrected chi connectivity index (χ4v) is 1.72. The number of hydrogen-bond donors (Lipinski definition) is 1. The SMILES string of the molecule is CNCc1cccc(OCc2ccc(Cl)nc2)c1. The Morgan fingerprint density at radius 3 is 2.83 bits per heavy atom. The average molecular weight is 263 g/mol. The Bertz CT molecular complexity index is 499. The molecular weight excluding hydrogens is 248 g/mol. The summed E-state index contributed by atoms with van der Waals surface area (Å²) in [6, 6.07) is 11.7. The van der Waals surface area contributed by atoms with E-state index in [4.69, 9.17) is 16.3 Å². The summed E-state index contributed by atoms with van der Waals surface area (Å²) in [7, 11) is 1.92. The third-order valence-corrected chi connectivity index (χ3v) is 2.70. The van der Waals surface area contributed by atoms with Gasteiger partial charge in [-0.1, -0.05) is 29.8 Å². The lowest BCUT2D eigenvalue weighted by Crippen LogP contribution is -2.05. The molecule has 0 fully saturated rings. The second kappa shape index (κ2) is 6.38. The van der Waals surface area contributed by atoms with E-state index in [0.29, 0.717) is 11.8 Å². The van der Waals surface area contributed by atoms with Crippen molar-refractivity contribution in [2.45, 2.75) is 13.2 Å². The first-order valence-corrected chi connectivity index (χ1v) is 6.12. The van der Waals surface area contributed by atoms with Gasteiger partial charge >= 0.3 is 0 Å². The van der Waals surface area contributed by atoms with Crippen LogP contribution in [0.15, 0.2) is 42.6 Å². The van der Waals surface area contributed by atoms with Gasteiger partial charge in [0.25, 0.3) is 0 Å². The van der Waals surface area contributed by atoms with Crippen LogP contribution in [0.2, 0.25) is 5.15 Å². The van der Waals surface area contributed by atoms with E-state index in [1.165, 1.54) is 5.56 Å². The summed E-state index contributed by atoms with van der Waals surface area (Å²) in [6.45, 7) is 1.33. The van der Waals surface area contributed by atoms with Crippen molar-refractivity contribution in [3.8, 4) is 5.75 Å². The molecule has 18 heavy (non-hydrogen) atoms. The predicted molar refractivity (Wildman–Crippen MR) is 72.8 cm³/mol. The fraction of sp³-hybridized carbons (Fsp3) is 0.214. The van der Waals surface area contributed by atoms with Crippen molar-refractivity contribution in [1.82, 2.24) is 10.3 Å². The quantitative estimate of drug-likeness (QED) is 0.841. The number of rotatable bonds is 5. The summed E-state index contributed by atoms with van der Waals surface area (Å²) < 4.78 is 5.71. The minimum absolute atomic E-state index is 0.493. The molecule has 0 bridgehead atoms. The minimum atomic E-state index is 0.493. The molecule has 1 aromatic carbocycles. The molecular formula is C14H15ClN2O. The van der Waals surface area contributed by atoms with Crippen LogP contribution < -0.4 is 10.1 Å². The number of aromatic nitrogens is 1. The van der Waals surface area contributed by atoms with Gasteiger partial charge < -0.3 is 10.1 Å². The second-order valence-electron chi connectivity index (χ2n) is 3.96. The van der Waals surface area contributed by atoms with Gasteiger partial charge in [0.2, 0.25) is 0 Å². The zero-order chi connectivity index (χ0) is 12.8. The van der Waals surface area contributed by atoms with Crippen molar-refractivity contribution in [1.29, 1.82) is 0 Å². The van der Waals surface area contributed by atoms with E-state index in [2.05, 4.69) is 16.4 Å². The van der Waals surface area contributed by atoms with E-state index >= 15 is 0 Å². The lowest BCUT2D eigenvalue weighted by molar-refractivity contribution is 0.305. The molecule has 0 radical (unpaired) electrons. The molecule has 0 saturated carbocycles. The Morgan fingerprint density at radius 2 is 2.11 bits per heavy atom. The highest BCUT2D eigenvalue weighted by molar-refractivity contribution is 6.29. The molecule has 0 aliphatic rings. The van der Waals surface area contributed by atoms with Crippen molar-refractivity contribution >= 4 is 11.6 Å². The van der Waals surface area contributed by atoms with Gasteiger partial charge in [-0.2, -0.15) is 0 Å². The van der Waals surface area contributed by atoms with E-state index < -0.39 is 0 Å². The average Bonchev–Trinajstić information content (AvgIpc) is 2.39. The summed E-state index contributed by atoms with van der Waals surface area (Å²) in [5, 5.41) is 3.61. The van der Waals surface area contributed by atoms with Gasteiger partial charge in [0.1, 0.15) is 17.5 Å². The van der Waals surface area contributed by atoms with Crippen LogP contribution in [0.25, 0.3) is 0 Å². The molecule has 0 atom stereocenters. The zero-order valence-electron chi connectivity index (χ0n) is 10.2. The van der Waals surface area contributed by atoms with Gasteiger partial charge in [-0.3, -0.25) is 0 Å². The molecule has 3 nitrogen and oxygen atoms in total. The highest BCUT2D eigenvalue weighted by Crippen LogP contribution is 2.15. The zero-order valence-corrected chi connectivity index (χ0v) is 10.9. The summed E-state index contributed by atoms with van der Waals surface area (Å²) >= 11 is 5.73. The summed E-state index contributed by atoms with van der Waals surface area (Å²) in [6.07, 6.45) is 1.72. The Morgan fingerprint density at radius 1 is 1.22 bits per heavy atom. The highest BCUT2D eigenvalue weighted by Gasteiger charge is 1.98. The number of hydrogen-bond acceptors (Lipinski definition) is 3. The molecule has 0 amide bonds. The molecule has 0 aliphatic carbocycles. The predicted octanol–water partition coefficient (Wildman–Crippen LogP) is 3.03. The van der Waals surface area contributed by atoms with Gasteiger partial charge in [0.15, 0.2) is 0 Å². The number of nitrogens with zero attached hydrogens (tertiary/aromatic N) is 1. The van der Waals surface area contributed by atoms with Crippen LogP contribution in [0.3, 0.4) is 0 Å². The van der Waals surface area contributed by atoms with Crippen molar-refractivity contribution in [3.05, 3.63) is 58.9 Å². The molecule has 94 valence electrons. The van der Waals surface area contributed by atoms with Crippen LogP contribution in [-0.2, 0) is 13.2 Å². The number of ether oxygens (including phenoxy) is 1. The van der Waals surface area contributed by atoms with E-state index in [1.54, 1.807) is 12.3 Å². The standard InChI is InChI=1S/C14H15ClN2O/c1-16-8-11-3-2-4-13(7-11)18-10-12-5-6-14(15)17-9-12/h2-7,9,16H,8,10H2,1H3. The number of benzene rings is 1. The number of pyridine rings is 1. The molecule has 2 rings (SSSR count). The molecule has 0 spiro atoms. The van der Waals surface area contributed by atoms with E-state index in [0.717, 1.165) is 17.9 Å². The molecule has 1 heterocycles. The van der Waals surface area contributed by atoms with Crippen LogP contribution in [0.4, 0.5) is 0 Å². The summed E-state index contributed by atoms with van der Waals surface area (Å²) in [5.41, 5.74) is 2.20. The van der Waals surface area contributed by atoms with E-state index in [-0.39, 0.29) is 0 Å². The van der Waals surface area contributed by atoms with Crippen molar-refractivity contribution in [3.63, 3.8) is 0 Å². The molecule has 0 unspecified atom stereocenters. The van der Waals surface area contributed by atoms with Crippen LogP contribution in [0.1, 0.15) is 11.1 Å². The van der Waals surface area contributed by atoms with Crippen LogP contribution in [-0.4, -0.2) is 12.0 Å². The maximum atomic E-state index is 5.73. The maximum Gasteiger partial charge on any atom is 0.129 e. The molecule has 0 saturated heterocycles. The van der Waals surface area contributed by atoms with Crippen LogP contribution in [0.5, 0.6) is 5.75 Å². The first-order chi connectivity index (χ1) is 8.78. The molecule has 1 N–H and O–H groups in total. The highest BCUT2D eigenvalue weighted by atomic mass is 35.5. The first kappa shape index (κ1) is 12.9. The van der Waals surface area contributed by atoms with Crippen LogP contribution in [0, 0.1) is 0 Å². The van der Waals surface area contributed by atoms with E-state index in [1.807, 2.05) is 31.3 Å². The molecule has 4 heteroatoms. The smallest absolute Gasteiger partial charge is 0.129 e. The van der Waals surface area contributed by atoms with Crippen molar-refractivity contribution in [2.75, 3.05) is 7.05 Å². The Hall–Kier alpha value is -1.58. The fourth-order valence-electron chi connectivity index (χ4n) is 1.61. The van der Waals surface area contributed by atoms with Gasteiger partial charge in [0, 0.05) is 18.3 Å². The van der Waals surface area contributed by atoms with Gasteiger partial charge in [-0.15, -0.1) is 0 Å². The third-order valence-electron chi connectivity index (χ3n) is 2.47. The summed E-state index contributed by atoms with van der Waals surface area (Å²) in [5.74, 6) is 0.859. The number of halogens is 1. The second-order valence-corrected chi connectivity index (χ2v) is 4.34. The largest absolute Gasteiger partial charge is 0.489 e. The van der Waals surface area contributed by atoms with Crippen molar-refractivity contribution in [2.24, 2.45) is 0 Å². The molecule has 1 aromatic heterocycles. The van der Waals surface area contributed by atoms with Gasteiger partial charge in [0.05, 0.1) is 0 Å².